The molecular formula is C14H26N2OS. The Morgan fingerprint density at radius 1 is 1.67 bits per heavy atom. The summed E-state index contributed by atoms with van der Waals surface area (Å²) >= 11 is 1.80. The molecule has 1 fully saturated rings. The van der Waals surface area contributed by atoms with E-state index in [4.69, 9.17) is 0 Å². The fourth-order valence-corrected chi connectivity index (χ4v) is 2.90. The summed E-state index contributed by atoms with van der Waals surface area (Å²) in [6, 6.07) is 0. The first-order valence-electron chi connectivity index (χ1n) is 6.90. The van der Waals surface area contributed by atoms with Crippen LogP contribution in [-0.4, -0.2) is 37.0 Å². The van der Waals surface area contributed by atoms with Gasteiger partial charge in [-0.1, -0.05) is 13.0 Å². The molecule has 0 aromatic heterocycles. The molecule has 1 heterocycles. The molecule has 104 valence electrons. The number of nitrogens with one attached hydrogen (secondary N) is 2. The van der Waals surface area contributed by atoms with E-state index >= 15 is 0 Å². The molecule has 0 saturated carbocycles. The lowest BCUT2D eigenvalue weighted by atomic mass is 9.85. The van der Waals surface area contributed by atoms with Crippen LogP contribution in [0.2, 0.25) is 0 Å². The number of thioether (sulfide) groups is 1. The lowest BCUT2D eigenvalue weighted by molar-refractivity contribution is -0.122. The molecule has 1 aliphatic heterocycles. The van der Waals surface area contributed by atoms with Gasteiger partial charge >= 0.3 is 0 Å². The zero-order valence-electron chi connectivity index (χ0n) is 11.4. The van der Waals surface area contributed by atoms with Crippen molar-refractivity contribution in [2.24, 2.45) is 11.8 Å². The van der Waals surface area contributed by atoms with E-state index in [0.29, 0.717) is 18.3 Å². The van der Waals surface area contributed by atoms with Gasteiger partial charge in [-0.15, -0.1) is 6.58 Å². The highest BCUT2D eigenvalue weighted by Crippen LogP contribution is 2.22. The number of amides is 1. The monoisotopic (exact) mass is 270 g/mol. The van der Waals surface area contributed by atoms with Gasteiger partial charge in [-0.25, -0.2) is 0 Å². The molecule has 2 atom stereocenters. The highest BCUT2D eigenvalue weighted by atomic mass is 32.2. The molecule has 2 N–H and O–H groups in total. The summed E-state index contributed by atoms with van der Waals surface area (Å²) < 4.78 is 0. The second kappa shape index (κ2) is 9.45. The van der Waals surface area contributed by atoms with E-state index in [1.807, 2.05) is 6.08 Å². The van der Waals surface area contributed by atoms with Gasteiger partial charge in [-0.05, 0) is 37.8 Å². The van der Waals surface area contributed by atoms with Crippen molar-refractivity contribution in [3.05, 3.63) is 12.7 Å². The van der Waals surface area contributed by atoms with Gasteiger partial charge in [-0.3, -0.25) is 4.79 Å². The van der Waals surface area contributed by atoms with Gasteiger partial charge in [-0.2, -0.15) is 11.8 Å². The fraction of sp³-hybridized carbons (Fsp3) is 0.786. The molecule has 4 heteroatoms. The normalized spacial score (nSPS) is 21.3. The van der Waals surface area contributed by atoms with Crippen molar-refractivity contribution >= 4 is 17.7 Å². The molecule has 1 rings (SSSR count). The topological polar surface area (TPSA) is 41.1 Å². The van der Waals surface area contributed by atoms with Crippen LogP contribution in [0.1, 0.15) is 26.2 Å². The smallest absolute Gasteiger partial charge is 0.220 e. The Kier molecular flexibility index (Phi) is 8.18. The highest BCUT2D eigenvalue weighted by molar-refractivity contribution is 7.99. The second-order valence-corrected chi connectivity index (χ2v) is 6.15. The number of hydrogen-bond acceptors (Lipinski definition) is 3. The highest BCUT2D eigenvalue weighted by Gasteiger charge is 2.21. The van der Waals surface area contributed by atoms with E-state index < -0.39 is 0 Å². The van der Waals surface area contributed by atoms with Crippen molar-refractivity contribution < 1.29 is 4.79 Å². The van der Waals surface area contributed by atoms with E-state index in [0.717, 1.165) is 31.1 Å². The third-order valence-electron chi connectivity index (χ3n) is 3.45. The predicted octanol–water partition coefficient (Wildman–Crippen LogP) is 2.05. The average molecular weight is 270 g/mol. The molecule has 0 aromatic carbocycles. The quantitative estimate of drug-likeness (QED) is 0.524. The summed E-state index contributed by atoms with van der Waals surface area (Å²) in [5, 5.41) is 6.41. The Hall–Kier alpha value is -0.480. The Morgan fingerprint density at radius 3 is 3.17 bits per heavy atom. The lowest BCUT2D eigenvalue weighted by Gasteiger charge is -2.28. The van der Waals surface area contributed by atoms with E-state index in [-0.39, 0.29) is 5.91 Å². The number of rotatable bonds is 8. The Morgan fingerprint density at radius 2 is 2.50 bits per heavy atom. The molecule has 0 spiro atoms. The number of hydrogen-bond donors (Lipinski definition) is 2. The Labute approximate surface area is 115 Å². The van der Waals surface area contributed by atoms with Crippen LogP contribution in [0.5, 0.6) is 0 Å². The molecule has 1 aliphatic rings. The molecule has 0 aromatic rings. The van der Waals surface area contributed by atoms with E-state index in [1.165, 1.54) is 12.8 Å². The zero-order valence-corrected chi connectivity index (χ0v) is 12.2. The van der Waals surface area contributed by atoms with Crippen molar-refractivity contribution in [3.8, 4) is 0 Å². The van der Waals surface area contributed by atoms with Crippen LogP contribution in [0, 0.1) is 11.8 Å². The first-order valence-corrected chi connectivity index (χ1v) is 8.05. The zero-order chi connectivity index (χ0) is 13.2. The van der Waals surface area contributed by atoms with Crippen LogP contribution in [0.3, 0.4) is 0 Å². The molecule has 1 saturated heterocycles. The van der Waals surface area contributed by atoms with Crippen molar-refractivity contribution in [1.82, 2.24) is 10.6 Å². The summed E-state index contributed by atoms with van der Waals surface area (Å²) in [7, 11) is 0. The average Bonchev–Trinajstić information content (AvgIpc) is 2.39. The van der Waals surface area contributed by atoms with Gasteiger partial charge in [0.1, 0.15) is 0 Å². The van der Waals surface area contributed by atoms with Crippen LogP contribution in [-0.2, 0) is 4.79 Å². The van der Waals surface area contributed by atoms with Crippen LogP contribution < -0.4 is 10.6 Å². The number of carbonyl (C=O) groups is 1. The van der Waals surface area contributed by atoms with Crippen LogP contribution >= 0.6 is 11.8 Å². The second-order valence-electron chi connectivity index (χ2n) is 5.00. The van der Waals surface area contributed by atoms with E-state index in [2.05, 4.69) is 24.1 Å². The van der Waals surface area contributed by atoms with Crippen molar-refractivity contribution in [2.45, 2.75) is 26.2 Å². The molecule has 2 unspecified atom stereocenters. The Balaban J connectivity index is 2.08. The minimum atomic E-state index is 0.201. The van der Waals surface area contributed by atoms with Gasteiger partial charge in [0.25, 0.3) is 0 Å². The molecule has 1 amide bonds. The van der Waals surface area contributed by atoms with Gasteiger partial charge in [0.2, 0.25) is 5.91 Å². The maximum absolute atomic E-state index is 11.8. The van der Waals surface area contributed by atoms with Gasteiger partial charge in [0, 0.05) is 24.5 Å². The lowest BCUT2D eigenvalue weighted by Crippen LogP contribution is -2.36. The third-order valence-corrected chi connectivity index (χ3v) is 4.42. The molecule has 0 aliphatic carbocycles. The summed E-state index contributed by atoms with van der Waals surface area (Å²) in [5.74, 6) is 3.28. The summed E-state index contributed by atoms with van der Waals surface area (Å²) in [6.45, 7) is 8.85. The van der Waals surface area contributed by atoms with Crippen molar-refractivity contribution in [2.75, 3.05) is 31.1 Å². The number of carbonyl (C=O) groups excluding carboxylic acids is 1. The molecule has 18 heavy (non-hydrogen) atoms. The van der Waals surface area contributed by atoms with E-state index in [1.54, 1.807) is 11.8 Å². The van der Waals surface area contributed by atoms with Gasteiger partial charge in [0.05, 0.1) is 0 Å². The van der Waals surface area contributed by atoms with E-state index in [9.17, 15) is 4.79 Å². The van der Waals surface area contributed by atoms with Crippen molar-refractivity contribution in [1.29, 1.82) is 0 Å². The third kappa shape index (κ3) is 6.45. The van der Waals surface area contributed by atoms with Gasteiger partial charge < -0.3 is 10.6 Å². The molecule has 3 nitrogen and oxygen atoms in total. The summed E-state index contributed by atoms with van der Waals surface area (Å²) in [6.07, 6.45) is 5.06. The number of piperidine rings is 1. The summed E-state index contributed by atoms with van der Waals surface area (Å²) in [4.78, 5) is 11.8. The molecule has 0 bridgehead atoms. The predicted molar refractivity (Wildman–Crippen MR) is 79.9 cm³/mol. The SMILES string of the molecule is C=CCSCCNC(=O)CC(C)C1CCCNC1. The summed E-state index contributed by atoms with van der Waals surface area (Å²) in [5.41, 5.74) is 0. The standard InChI is InChI=1S/C14H26N2OS/c1-3-8-18-9-7-16-14(17)10-12(2)13-5-4-6-15-11-13/h3,12-13,15H,1,4-11H2,2H3,(H,16,17). The van der Waals surface area contributed by atoms with Crippen molar-refractivity contribution in [3.63, 3.8) is 0 Å². The maximum atomic E-state index is 11.8. The van der Waals surface area contributed by atoms with Crippen LogP contribution in [0.4, 0.5) is 0 Å². The van der Waals surface area contributed by atoms with Gasteiger partial charge in [0.15, 0.2) is 0 Å². The minimum Gasteiger partial charge on any atom is -0.355 e. The molecular weight excluding hydrogens is 244 g/mol. The maximum Gasteiger partial charge on any atom is 0.220 e. The molecule has 0 radical (unpaired) electrons. The van der Waals surface area contributed by atoms with Crippen LogP contribution in [0.15, 0.2) is 12.7 Å². The van der Waals surface area contributed by atoms with Crippen LogP contribution in [0.25, 0.3) is 0 Å². The first-order chi connectivity index (χ1) is 8.74. The largest absolute Gasteiger partial charge is 0.355 e. The first kappa shape index (κ1) is 15.6. The fourth-order valence-electron chi connectivity index (χ4n) is 2.33. The Bertz CT molecular complexity index is 252. The minimum absolute atomic E-state index is 0.201.